The number of nitrogens with zero attached hydrogens (tertiary/aromatic N) is 3. The van der Waals surface area contributed by atoms with E-state index in [0.29, 0.717) is 34.3 Å². The highest BCUT2D eigenvalue weighted by molar-refractivity contribution is 5.99. The van der Waals surface area contributed by atoms with E-state index in [0.717, 1.165) is 5.69 Å². The number of hydrogen-bond acceptors (Lipinski definition) is 6. The van der Waals surface area contributed by atoms with Crippen molar-refractivity contribution < 1.29 is 19.4 Å². The predicted molar refractivity (Wildman–Crippen MR) is 145 cm³/mol. The third kappa shape index (κ3) is 6.74. The molecular weight excluding hydrogens is 484 g/mol. The fraction of sp³-hybridized carbons (Fsp3) is 0.214. The van der Waals surface area contributed by atoms with E-state index in [9.17, 15) is 9.59 Å². The second kappa shape index (κ2) is 11.6. The van der Waals surface area contributed by atoms with Crippen LogP contribution in [0.5, 0.6) is 11.5 Å². The lowest BCUT2D eigenvalue weighted by Crippen LogP contribution is -2.26. The van der Waals surface area contributed by atoms with Crippen molar-refractivity contribution in [1.82, 2.24) is 20.1 Å². The summed E-state index contributed by atoms with van der Waals surface area (Å²) in [5.74, 6) is 1.42. The molecule has 3 amide bonds. The fourth-order valence-corrected chi connectivity index (χ4v) is 3.51. The number of anilines is 2. The number of aromatic nitrogens is 3. The highest BCUT2D eigenvalue weighted by Gasteiger charge is 2.22. The molecule has 0 saturated carbocycles. The number of carbonyl (C=O) groups is 2. The molecule has 38 heavy (non-hydrogen) atoms. The number of carbonyl (C=O) groups excluding carboxylic acids is 2. The van der Waals surface area contributed by atoms with Crippen LogP contribution in [0.25, 0.3) is 5.69 Å². The number of rotatable bonds is 8. The number of aliphatic hydroxyl groups is 1. The van der Waals surface area contributed by atoms with Crippen LogP contribution >= 0.6 is 0 Å². The molecule has 0 radical (unpaired) electrons. The lowest BCUT2D eigenvalue weighted by Gasteiger charge is -2.14. The van der Waals surface area contributed by atoms with Gasteiger partial charge in [-0.2, -0.15) is 5.10 Å². The molecule has 0 spiro atoms. The van der Waals surface area contributed by atoms with Crippen molar-refractivity contribution in [3.8, 4) is 17.2 Å². The molecule has 2 aromatic heterocycles. The molecule has 0 aliphatic heterocycles. The first-order valence-electron chi connectivity index (χ1n) is 12.1. The number of hydrogen-bond donors (Lipinski definition) is 4. The molecule has 0 atom stereocenters. The molecule has 4 N–H and O–H groups in total. The van der Waals surface area contributed by atoms with E-state index >= 15 is 0 Å². The van der Waals surface area contributed by atoms with Crippen molar-refractivity contribution in [3.63, 3.8) is 0 Å². The zero-order valence-electron chi connectivity index (χ0n) is 21.4. The van der Waals surface area contributed by atoms with Gasteiger partial charge >= 0.3 is 6.03 Å². The summed E-state index contributed by atoms with van der Waals surface area (Å²) < 4.78 is 7.35. The summed E-state index contributed by atoms with van der Waals surface area (Å²) in [7, 11) is 0. The van der Waals surface area contributed by atoms with E-state index < -0.39 is 6.03 Å². The number of pyridine rings is 1. The first-order valence-corrected chi connectivity index (χ1v) is 12.1. The molecule has 0 bridgehead atoms. The summed E-state index contributed by atoms with van der Waals surface area (Å²) in [5.41, 5.74) is 2.08. The molecule has 0 saturated heterocycles. The molecule has 0 unspecified atom stereocenters. The van der Waals surface area contributed by atoms with Gasteiger partial charge in [-0.15, -0.1) is 0 Å². The number of ether oxygens (including phenoxy) is 1. The largest absolute Gasteiger partial charge is 0.457 e. The van der Waals surface area contributed by atoms with Gasteiger partial charge in [-0.05, 0) is 54.6 Å². The average Bonchev–Trinajstić information content (AvgIpc) is 3.33. The summed E-state index contributed by atoms with van der Waals surface area (Å²) in [6, 6.07) is 18.7. The third-order valence-corrected chi connectivity index (χ3v) is 5.47. The van der Waals surface area contributed by atoms with Crippen molar-refractivity contribution in [2.45, 2.75) is 26.2 Å². The van der Waals surface area contributed by atoms with E-state index in [1.165, 1.54) is 0 Å². The third-order valence-electron chi connectivity index (χ3n) is 5.47. The monoisotopic (exact) mass is 514 g/mol. The van der Waals surface area contributed by atoms with E-state index in [-0.39, 0.29) is 24.5 Å². The summed E-state index contributed by atoms with van der Waals surface area (Å²) in [6.07, 6.45) is 3.29. The van der Waals surface area contributed by atoms with Gasteiger partial charge in [0, 0.05) is 41.7 Å². The molecular formula is C28H30N6O4. The highest BCUT2D eigenvalue weighted by Crippen LogP contribution is 2.27. The minimum Gasteiger partial charge on any atom is -0.457 e. The van der Waals surface area contributed by atoms with E-state index in [1.54, 1.807) is 77.7 Å². The van der Waals surface area contributed by atoms with Crippen LogP contribution in [0.15, 0.2) is 79.1 Å². The Hall–Kier alpha value is -4.70. The molecule has 2 aromatic carbocycles. The number of urea groups is 1. The molecule has 10 nitrogen and oxygen atoms in total. The van der Waals surface area contributed by atoms with Gasteiger partial charge in [-0.25, -0.2) is 9.48 Å². The quantitative estimate of drug-likeness (QED) is 0.269. The highest BCUT2D eigenvalue weighted by atomic mass is 16.5. The zero-order valence-corrected chi connectivity index (χ0v) is 21.4. The molecule has 0 fully saturated rings. The van der Waals surface area contributed by atoms with Crippen molar-refractivity contribution >= 4 is 23.4 Å². The van der Waals surface area contributed by atoms with Crippen LogP contribution in [0.1, 0.15) is 36.8 Å². The van der Waals surface area contributed by atoms with Crippen LogP contribution in [0.4, 0.5) is 16.3 Å². The summed E-state index contributed by atoms with van der Waals surface area (Å²) in [4.78, 5) is 29.3. The maximum atomic E-state index is 12.9. The number of nitrogens with one attached hydrogen (secondary N) is 3. The molecule has 4 rings (SSSR count). The van der Waals surface area contributed by atoms with Crippen molar-refractivity contribution in [3.05, 3.63) is 90.4 Å². The lowest BCUT2D eigenvalue weighted by molar-refractivity contribution is 0.0944. The van der Waals surface area contributed by atoms with E-state index in [1.807, 2.05) is 26.8 Å². The summed E-state index contributed by atoms with van der Waals surface area (Å²) >= 11 is 0. The zero-order chi connectivity index (χ0) is 27.1. The lowest BCUT2D eigenvalue weighted by atomic mass is 9.92. The number of aliphatic hydroxyl groups excluding tert-OH is 1. The maximum Gasteiger partial charge on any atom is 0.324 e. The van der Waals surface area contributed by atoms with Gasteiger partial charge < -0.3 is 20.5 Å². The minimum atomic E-state index is -0.453. The average molecular weight is 515 g/mol. The molecule has 10 heteroatoms. The van der Waals surface area contributed by atoms with Crippen LogP contribution in [-0.4, -0.2) is 45.0 Å². The van der Waals surface area contributed by atoms with Gasteiger partial charge in [0.05, 0.1) is 18.0 Å². The van der Waals surface area contributed by atoms with Crippen LogP contribution in [0, 0.1) is 0 Å². The molecule has 0 aliphatic carbocycles. The van der Waals surface area contributed by atoms with Crippen molar-refractivity contribution in [2.75, 3.05) is 23.8 Å². The van der Waals surface area contributed by atoms with E-state index in [2.05, 4.69) is 20.9 Å². The normalized spacial score (nSPS) is 11.1. The van der Waals surface area contributed by atoms with Crippen LogP contribution in [0.2, 0.25) is 0 Å². The van der Waals surface area contributed by atoms with Gasteiger partial charge in [0.15, 0.2) is 0 Å². The fourth-order valence-electron chi connectivity index (χ4n) is 3.51. The Bertz CT molecular complexity index is 1400. The van der Waals surface area contributed by atoms with E-state index in [4.69, 9.17) is 14.9 Å². The van der Waals surface area contributed by atoms with Crippen molar-refractivity contribution in [1.29, 1.82) is 0 Å². The Kier molecular flexibility index (Phi) is 8.03. The van der Waals surface area contributed by atoms with Crippen LogP contribution in [-0.2, 0) is 5.41 Å². The standard InChI is InChI=1S/C28H30N6O4/c1-28(2,3)24-18-25(34(33-24)21-6-4-5-19(17-21)26(36)30-15-16-35)32-27(37)31-20-7-9-22(10-8-20)38-23-11-13-29-14-12-23/h4-14,17-18,35H,15-16H2,1-3H3,(H,30,36)(H2,31,32,37). The Morgan fingerprint density at radius 3 is 2.34 bits per heavy atom. The number of benzene rings is 2. The molecule has 196 valence electrons. The Labute approximate surface area is 220 Å². The van der Waals surface area contributed by atoms with Gasteiger partial charge in [0.1, 0.15) is 17.3 Å². The first kappa shape index (κ1) is 26.4. The molecule has 0 aliphatic rings. The maximum absolute atomic E-state index is 12.9. The predicted octanol–water partition coefficient (Wildman–Crippen LogP) is 4.72. The minimum absolute atomic E-state index is 0.150. The second-order valence-corrected chi connectivity index (χ2v) is 9.49. The topological polar surface area (TPSA) is 130 Å². The smallest absolute Gasteiger partial charge is 0.324 e. The Balaban J connectivity index is 1.51. The SMILES string of the molecule is CC(C)(C)c1cc(NC(=O)Nc2ccc(Oc3ccncc3)cc2)n(-c2cccc(C(=O)NCCO)c2)n1. The van der Waals surface area contributed by atoms with Crippen LogP contribution < -0.4 is 20.7 Å². The molecule has 2 heterocycles. The van der Waals surface area contributed by atoms with Gasteiger partial charge in [-0.3, -0.25) is 15.1 Å². The van der Waals surface area contributed by atoms with Gasteiger partial charge in [-0.1, -0.05) is 26.8 Å². The Morgan fingerprint density at radius 1 is 0.947 bits per heavy atom. The van der Waals surface area contributed by atoms with Gasteiger partial charge in [0.25, 0.3) is 5.91 Å². The number of amides is 3. The second-order valence-electron chi connectivity index (χ2n) is 9.49. The van der Waals surface area contributed by atoms with Crippen LogP contribution in [0.3, 0.4) is 0 Å². The van der Waals surface area contributed by atoms with Gasteiger partial charge in [0.2, 0.25) is 0 Å². The first-order chi connectivity index (χ1) is 18.2. The summed E-state index contributed by atoms with van der Waals surface area (Å²) in [6.45, 7) is 6.08. The summed E-state index contributed by atoms with van der Waals surface area (Å²) in [5, 5.41) is 22.0. The van der Waals surface area contributed by atoms with Crippen molar-refractivity contribution in [2.24, 2.45) is 0 Å². The molecule has 4 aromatic rings. The Morgan fingerprint density at radius 2 is 1.66 bits per heavy atom.